The number of nitrogens with zero attached hydrogens (tertiary/aromatic N) is 3. The van der Waals surface area contributed by atoms with Crippen molar-refractivity contribution in [2.45, 2.75) is 0 Å². The van der Waals surface area contributed by atoms with Crippen LogP contribution in [-0.2, 0) is 0 Å². The van der Waals surface area contributed by atoms with Crippen molar-refractivity contribution in [3.05, 3.63) is 66.5 Å². The standard InChI is InChI=1S/C22H19F2N5/c23-15-6-18(24)20-19(7-15)27-22(28-20)17-10-26-9-16(14-4-2-1-3-5-14)21(17)29-11-13(8-25)12-29/h1-7,9-10,13H,8,11-12,25H2,(H,27,28). The quantitative estimate of drug-likeness (QED) is 0.552. The second-order valence-electron chi connectivity index (χ2n) is 7.33. The van der Waals surface area contributed by atoms with E-state index in [2.05, 4.69) is 19.9 Å². The molecule has 0 bridgehead atoms. The Labute approximate surface area is 166 Å². The number of rotatable bonds is 4. The Bertz CT molecular complexity index is 1180. The van der Waals surface area contributed by atoms with Crippen LogP contribution in [0, 0.1) is 17.6 Å². The Balaban J connectivity index is 1.70. The maximum Gasteiger partial charge on any atom is 0.153 e. The van der Waals surface area contributed by atoms with Crippen LogP contribution in [-0.4, -0.2) is 34.6 Å². The highest BCUT2D eigenvalue weighted by Gasteiger charge is 2.30. The van der Waals surface area contributed by atoms with Crippen LogP contribution >= 0.6 is 0 Å². The molecule has 5 nitrogen and oxygen atoms in total. The van der Waals surface area contributed by atoms with Crippen molar-refractivity contribution in [3.63, 3.8) is 0 Å². The summed E-state index contributed by atoms with van der Waals surface area (Å²) < 4.78 is 27.8. The fourth-order valence-corrected chi connectivity index (χ4v) is 3.87. The zero-order valence-electron chi connectivity index (χ0n) is 15.6. The third-order valence-electron chi connectivity index (χ3n) is 5.37. The van der Waals surface area contributed by atoms with Crippen LogP contribution in [0.2, 0.25) is 0 Å². The van der Waals surface area contributed by atoms with Gasteiger partial charge >= 0.3 is 0 Å². The average molecular weight is 391 g/mol. The van der Waals surface area contributed by atoms with Crippen molar-refractivity contribution in [2.75, 3.05) is 24.5 Å². The summed E-state index contributed by atoms with van der Waals surface area (Å²) in [6.45, 7) is 2.29. The molecule has 1 saturated heterocycles. The smallest absolute Gasteiger partial charge is 0.153 e. The molecule has 5 rings (SSSR count). The number of hydrogen-bond acceptors (Lipinski definition) is 4. The highest BCUT2D eigenvalue weighted by molar-refractivity contribution is 5.91. The summed E-state index contributed by atoms with van der Waals surface area (Å²) in [6.07, 6.45) is 3.54. The summed E-state index contributed by atoms with van der Waals surface area (Å²) in [5, 5.41) is 0. The molecule has 7 heteroatoms. The Hall–Kier alpha value is -3.32. The number of aromatic amines is 1. The molecule has 146 valence electrons. The van der Waals surface area contributed by atoms with Crippen LogP contribution in [0.25, 0.3) is 33.5 Å². The van der Waals surface area contributed by atoms with E-state index < -0.39 is 11.6 Å². The Morgan fingerprint density at radius 2 is 1.83 bits per heavy atom. The van der Waals surface area contributed by atoms with E-state index in [-0.39, 0.29) is 5.52 Å². The Morgan fingerprint density at radius 1 is 1.07 bits per heavy atom. The van der Waals surface area contributed by atoms with E-state index in [1.165, 1.54) is 6.07 Å². The van der Waals surface area contributed by atoms with Crippen molar-refractivity contribution in [1.82, 2.24) is 15.0 Å². The maximum absolute atomic E-state index is 14.2. The largest absolute Gasteiger partial charge is 0.370 e. The van der Waals surface area contributed by atoms with Gasteiger partial charge in [0, 0.05) is 43.0 Å². The lowest BCUT2D eigenvalue weighted by Gasteiger charge is -2.42. The van der Waals surface area contributed by atoms with Gasteiger partial charge in [0.1, 0.15) is 17.2 Å². The molecule has 0 aliphatic carbocycles. The number of anilines is 1. The van der Waals surface area contributed by atoms with Crippen LogP contribution in [0.5, 0.6) is 0 Å². The fraction of sp³-hybridized carbons (Fsp3) is 0.182. The second-order valence-corrected chi connectivity index (χ2v) is 7.33. The van der Waals surface area contributed by atoms with E-state index in [0.29, 0.717) is 23.8 Å². The van der Waals surface area contributed by atoms with E-state index in [4.69, 9.17) is 5.73 Å². The molecule has 2 aromatic heterocycles. The van der Waals surface area contributed by atoms with Crippen LogP contribution in [0.3, 0.4) is 0 Å². The minimum absolute atomic E-state index is 0.112. The number of nitrogens with one attached hydrogen (secondary N) is 1. The maximum atomic E-state index is 14.2. The number of H-pyrrole nitrogens is 1. The van der Waals surface area contributed by atoms with Gasteiger partial charge in [0.25, 0.3) is 0 Å². The fourth-order valence-electron chi connectivity index (χ4n) is 3.87. The molecule has 1 aliphatic heterocycles. The van der Waals surface area contributed by atoms with Gasteiger partial charge < -0.3 is 15.6 Å². The van der Waals surface area contributed by atoms with E-state index in [9.17, 15) is 8.78 Å². The topological polar surface area (TPSA) is 70.8 Å². The van der Waals surface area contributed by atoms with Gasteiger partial charge in [-0.05, 0) is 18.2 Å². The minimum atomic E-state index is -0.691. The number of imidazole rings is 1. The molecule has 1 aliphatic rings. The molecule has 0 radical (unpaired) electrons. The zero-order valence-corrected chi connectivity index (χ0v) is 15.6. The van der Waals surface area contributed by atoms with E-state index >= 15 is 0 Å². The van der Waals surface area contributed by atoms with Gasteiger partial charge in [0.15, 0.2) is 5.82 Å². The van der Waals surface area contributed by atoms with E-state index in [0.717, 1.165) is 41.5 Å². The molecule has 0 atom stereocenters. The molecule has 1 fully saturated rings. The molecule has 4 aromatic rings. The van der Waals surface area contributed by atoms with Gasteiger partial charge in [-0.2, -0.15) is 0 Å². The van der Waals surface area contributed by atoms with Gasteiger partial charge in [-0.15, -0.1) is 0 Å². The normalized spacial score (nSPS) is 14.4. The van der Waals surface area contributed by atoms with Gasteiger partial charge in [0.05, 0.1) is 16.8 Å². The highest BCUT2D eigenvalue weighted by Crippen LogP contribution is 2.41. The second kappa shape index (κ2) is 6.93. The first-order valence-corrected chi connectivity index (χ1v) is 9.47. The molecule has 0 spiro atoms. The summed E-state index contributed by atoms with van der Waals surface area (Å²) in [4.78, 5) is 14.1. The van der Waals surface area contributed by atoms with Crippen LogP contribution in [0.15, 0.2) is 54.9 Å². The first-order valence-electron chi connectivity index (χ1n) is 9.47. The summed E-state index contributed by atoms with van der Waals surface area (Å²) >= 11 is 0. The molecule has 0 amide bonds. The Kier molecular flexibility index (Phi) is 4.24. The molecular weight excluding hydrogens is 372 g/mol. The first-order chi connectivity index (χ1) is 14.1. The summed E-state index contributed by atoms with van der Waals surface area (Å²) in [5.74, 6) is -0.443. The molecular formula is C22H19F2N5. The molecule has 2 aromatic carbocycles. The molecule has 3 heterocycles. The van der Waals surface area contributed by atoms with Crippen molar-refractivity contribution in [1.29, 1.82) is 0 Å². The van der Waals surface area contributed by atoms with Gasteiger partial charge in [0.2, 0.25) is 0 Å². The van der Waals surface area contributed by atoms with Crippen LogP contribution < -0.4 is 10.6 Å². The average Bonchev–Trinajstić information content (AvgIpc) is 3.12. The van der Waals surface area contributed by atoms with Crippen molar-refractivity contribution < 1.29 is 8.78 Å². The summed E-state index contributed by atoms with van der Waals surface area (Å²) in [7, 11) is 0. The third-order valence-corrected chi connectivity index (χ3v) is 5.37. The van der Waals surface area contributed by atoms with E-state index in [1.54, 1.807) is 6.20 Å². The molecule has 0 unspecified atom stereocenters. The lowest BCUT2D eigenvalue weighted by Crippen LogP contribution is -2.50. The van der Waals surface area contributed by atoms with Gasteiger partial charge in [-0.1, -0.05) is 30.3 Å². The number of hydrogen-bond donors (Lipinski definition) is 2. The monoisotopic (exact) mass is 391 g/mol. The molecule has 29 heavy (non-hydrogen) atoms. The third kappa shape index (κ3) is 3.03. The minimum Gasteiger partial charge on any atom is -0.370 e. The number of pyridine rings is 1. The van der Waals surface area contributed by atoms with Crippen LogP contribution in [0.4, 0.5) is 14.5 Å². The molecule has 0 saturated carbocycles. The predicted molar refractivity (Wildman–Crippen MR) is 109 cm³/mol. The zero-order chi connectivity index (χ0) is 20.0. The van der Waals surface area contributed by atoms with Crippen molar-refractivity contribution >= 4 is 16.7 Å². The number of halogens is 2. The Morgan fingerprint density at radius 3 is 2.59 bits per heavy atom. The lowest BCUT2D eigenvalue weighted by molar-refractivity contribution is 0.421. The van der Waals surface area contributed by atoms with E-state index in [1.807, 2.05) is 36.5 Å². The number of aromatic nitrogens is 3. The number of nitrogens with two attached hydrogens (primary N) is 1. The highest BCUT2D eigenvalue weighted by atomic mass is 19.1. The predicted octanol–water partition coefficient (Wildman–Crippen LogP) is 3.97. The summed E-state index contributed by atoms with van der Waals surface area (Å²) in [6, 6.07) is 12.1. The number of benzene rings is 2. The lowest BCUT2D eigenvalue weighted by atomic mass is 9.94. The van der Waals surface area contributed by atoms with Crippen molar-refractivity contribution in [3.8, 4) is 22.5 Å². The van der Waals surface area contributed by atoms with Crippen LogP contribution in [0.1, 0.15) is 0 Å². The van der Waals surface area contributed by atoms with Gasteiger partial charge in [-0.25, -0.2) is 13.8 Å². The molecule has 3 N–H and O–H groups in total. The first kappa shape index (κ1) is 17.8. The number of fused-ring (bicyclic) bond motifs is 1. The van der Waals surface area contributed by atoms with Crippen molar-refractivity contribution in [2.24, 2.45) is 11.7 Å². The SMILES string of the molecule is NCC1CN(c2c(-c3ccccc3)cncc2-c2nc3c(F)cc(F)cc3[nH]2)C1. The summed E-state index contributed by atoms with van der Waals surface area (Å²) in [5.41, 5.74) is 9.96. The van der Waals surface area contributed by atoms with Gasteiger partial charge in [-0.3, -0.25) is 4.98 Å².